The number of amides is 2. The number of aromatic nitrogens is 1. The van der Waals surface area contributed by atoms with Crippen molar-refractivity contribution < 1.29 is 9.59 Å². The molecule has 1 aromatic heterocycles. The van der Waals surface area contributed by atoms with E-state index in [9.17, 15) is 9.59 Å². The van der Waals surface area contributed by atoms with Gasteiger partial charge in [-0.25, -0.2) is 0 Å². The van der Waals surface area contributed by atoms with E-state index in [-0.39, 0.29) is 24.3 Å². The number of hydrogen-bond acceptors (Lipinski definition) is 2. The number of carbonyl (C=O) groups is 2. The zero-order valence-electron chi connectivity index (χ0n) is 18.2. The van der Waals surface area contributed by atoms with Gasteiger partial charge in [-0.2, -0.15) is 0 Å². The molecular formula is C24H32ClN3O2. The Kier molecular flexibility index (Phi) is 7.59. The fraction of sp³-hybridized carbons (Fsp3) is 0.500. The lowest BCUT2D eigenvalue weighted by Crippen LogP contribution is -2.44. The van der Waals surface area contributed by atoms with Crippen LogP contribution in [0.5, 0.6) is 0 Å². The standard InChI is InChI=1S/C24H32ClN3O2/c1-4-26(24(30)19-11-12-19)17-23(29)28(14-18(2)3)16-21-9-7-13-27(21)15-20-8-5-6-10-22(20)25/h5-10,13,18-19H,4,11-12,14-17H2,1-3H3. The quantitative estimate of drug-likeness (QED) is 0.560. The van der Waals surface area contributed by atoms with Crippen LogP contribution in [0.1, 0.15) is 44.9 Å². The van der Waals surface area contributed by atoms with Crippen LogP contribution in [0, 0.1) is 11.8 Å². The molecule has 0 radical (unpaired) electrons. The largest absolute Gasteiger partial charge is 0.345 e. The van der Waals surface area contributed by atoms with Crippen LogP contribution in [0.3, 0.4) is 0 Å². The minimum atomic E-state index is 0.00467. The van der Waals surface area contributed by atoms with Crippen LogP contribution in [0.15, 0.2) is 42.6 Å². The van der Waals surface area contributed by atoms with Gasteiger partial charge in [0.1, 0.15) is 0 Å². The van der Waals surface area contributed by atoms with Gasteiger partial charge in [-0.15, -0.1) is 0 Å². The Morgan fingerprint density at radius 3 is 2.50 bits per heavy atom. The van der Waals surface area contributed by atoms with E-state index in [0.29, 0.717) is 32.1 Å². The molecule has 1 aliphatic rings. The normalized spacial score (nSPS) is 13.5. The highest BCUT2D eigenvalue weighted by atomic mass is 35.5. The molecule has 1 heterocycles. The minimum absolute atomic E-state index is 0.00467. The fourth-order valence-electron chi connectivity index (χ4n) is 3.65. The zero-order valence-corrected chi connectivity index (χ0v) is 18.9. The summed E-state index contributed by atoms with van der Waals surface area (Å²) in [6, 6.07) is 11.9. The van der Waals surface area contributed by atoms with Crippen molar-refractivity contribution in [3.8, 4) is 0 Å². The SMILES string of the molecule is CCN(CC(=O)N(Cc1cccn1Cc1ccccc1Cl)CC(C)C)C(=O)C1CC1. The summed E-state index contributed by atoms with van der Waals surface area (Å²) in [5.41, 5.74) is 2.10. The van der Waals surface area contributed by atoms with Gasteiger partial charge in [0.15, 0.2) is 0 Å². The van der Waals surface area contributed by atoms with Crippen molar-refractivity contribution in [2.75, 3.05) is 19.6 Å². The lowest BCUT2D eigenvalue weighted by Gasteiger charge is -2.29. The first-order valence-electron chi connectivity index (χ1n) is 10.8. The predicted octanol–water partition coefficient (Wildman–Crippen LogP) is 4.43. The predicted molar refractivity (Wildman–Crippen MR) is 120 cm³/mol. The van der Waals surface area contributed by atoms with E-state index in [2.05, 4.69) is 18.4 Å². The summed E-state index contributed by atoms with van der Waals surface area (Å²) >= 11 is 6.34. The maximum Gasteiger partial charge on any atom is 0.242 e. The van der Waals surface area contributed by atoms with Gasteiger partial charge in [0, 0.05) is 42.5 Å². The summed E-state index contributed by atoms with van der Waals surface area (Å²) < 4.78 is 2.13. The van der Waals surface area contributed by atoms with E-state index in [1.165, 1.54) is 0 Å². The first-order chi connectivity index (χ1) is 14.4. The molecule has 1 aromatic carbocycles. The van der Waals surface area contributed by atoms with E-state index >= 15 is 0 Å². The average Bonchev–Trinajstić information content (AvgIpc) is 3.48. The van der Waals surface area contributed by atoms with E-state index in [0.717, 1.165) is 29.1 Å². The van der Waals surface area contributed by atoms with Crippen molar-refractivity contribution in [2.24, 2.45) is 11.8 Å². The zero-order chi connectivity index (χ0) is 21.7. The van der Waals surface area contributed by atoms with Gasteiger partial charge in [-0.05, 0) is 49.4 Å². The van der Waals surface area contributed by atoms with Gasteiger partial charge in [-0.1, -0.05) is 43.6 Å². The van der Waals surface area contributed by atoms with E-state index in [4.69, 9.17) is 11.6 Å². The van der Waals surface area contributed by atoms with E-state index in [1.54, 1.807) is 4.90 Å². The van der Waals surface area contributed by atoms with Crippen molar-refractivity contribution in [3.63, 3.8) is 0 Å². The molecule has 6 heteroatoms. The van der Waals surface area contributed by atoms with Crippen molar-refractivity contribution in [1.82, 2.24) is 14.4 Å². The highest BCUT2D eigenvalue weighted by Crippen LogP contribution is 2.31. The van der Waals surface area contributed by atoms with Crippen LogP contribution in [0.25, 0.3) is 0 Å². The topological polar surface area (TPSA) is 45.6 Å². The highest BCUT2D eigenvalue weighted by Gasteiger charge is 2.34. The summed E-state index contributed by atoms with van der Waals surface area (Å²) in [5.74, 6) is 0.599. The monoisotopic (exact) mass is 429 g/mol. The molecule has 30 heavy (non-hydrogen) atoms. The lowest BCUT2D eigenvalue weighted by molar-refractivity contribution is -0.141. The van der Waals surface area contributed by atoms with Crippen LogP contribution in [-0.4, -0.2) is 45.8 Å². The molecule has 0 bridgehead atoms. The number of nitrogens with zero attached hydrogens (tertiary/aromatic N) is 3. The Bertz CT molecular complexity index is 873. The van der Waals surface area contributed by atoms with Crippen molar-refractivity contribution >= 4 is 23.4 Å². The Morgan fingerprint density at radius 1 is 1.13 bits per heavy atom. The van der Waals surface area contributed by atoms with Crippen LogP contribution in [0.2, 0.25) is 5.02 Å². The molecule has 0 N–H and O–H groups in total. The Hall–Kier alpha value is -2.27. The van der Waals surface area contributed by atoms with E-state index < -0.39 is 0 Å². The number of halogens is 1. The summed E-state index contributed by atoms with van der Waals surface area (Å²) in [5, 5.41) is 0.740. The lowest BCUT2D eigenvalue weighted by atomic mass is 10.2. The molecule has 0 aliphatic heterocycles. The molecule has 3 rings (SSSR count). The molecule has 0 spiro atoms. The first-order valence-corrected chi connectivity index (χ1v) is 11.2. The second-order valence-corrected chi connectivity index (χ2v) is 8.92. The molecule has 2 aromatic rings. The second kappa shape index (κ2) is 10.2. The summed E-state index contributed by atoms with van der Waals surface area (Å²) in [7, 11) is 0. The van der Waals surface area contributed by atoms with Crippen LogP contribution in [0.4, 0.5) is 0 Å². The maximum absolute atomic E-state index is 13.1. The number of likely N-dealkylation sites (N-methyl/N-ethyl adjacent to an activating group) is 1. The molecule has 162 valence electrons. The number of rotatable bonds is 10. The molecular weight excluding hydrogens is 398 g/mol. The molecule has 1 saturated carbocycles. The Balaban J connectivity index is 1.72. The minimum Gasteiger partial charge on any atom is -0.345 e. The Labute approximate surface area is 184 Å². The molecule has 1 aliphatic carbocycles. The molecule has 5 nitrogen and oxygen atoms in total. The van der Waals surface area contributed by atoms with Gasteiger partial charge >= 0.3 is 0 Å². The van der Waals surface area contributed by atoms with Gasteiger partial charge in [0.25, 0.3) is 0 Å². The van der Waals surface area contributed by atoms with Gasteiger partial charge in [0.2, 0.25) is 11.8 Å². The molecule has 0 unspecified atom stereocenters. The smallest absolute Gasteiger partial charge is 0.242 e. The van der Waals surface area contributed by atoms with Crippen LogP contribution in [-0.2, 0) is 22.7 Å². The molecule has 2 amide bonds. The van der Waals surface area contributed by atoms with Gasteiger partial charge in [-0.3, -0.25) is 9.59 Å². The summed E-state index contributed by atoms with van der Waals surface area (Å²) in [4.78, 5) is 29.2. The summed E-state index contributed by atoms with van der Waals surface area (Å²) in [6.07, 6.45) is 3.93. The third-order valence-corrected chi connectivity index (χ3v) is 5.83. The third kappa shape index (κ3) is 5.88. The second-order valence-electron chi connectivity index (χ2n) is 8.51. The van der Waals surface area contributed by atoms with Crippen LogP contribution < -0.4 is 0 Å². The number of carbonyl (C=O) groups excluding carboxylic acids is 2. The van der Waals surface area contributed by atoms with Crippen molar-refractivity contribution in [3.05, 3.63) is 58.9 Å². The third-order valence-electron chi connectivity index (χ3n) is 5.46. The average molecular weight is 430 g/mol. The van der Waals surface area contributed by atoms with E-state index in [1.807, 2.05) is 54.4 Å². The number of hydrogen-bond donors (Lipinski definition) is 0. The van der Waals surface area contributed by atoms with Crippen LogP contribution >= 0.6 is 11.6 Å². The van der Waals surface area contributed by atoms with Crippen molar-refractivity contribution in [1.29, 1.82) is 0 Å². The van der Waals surface area contributed by atoms with Crippen molar-refractivity contribution in [2.45, 2.75) is 46.7 Å². The maximum atomic E-state index is 13.1. The highest BCUT2D eigenvalue weighted by molar-refractivity contribution is 6.31. The fourth-order valence-corrected chi connectivity index (χ4v) is 3.84. The van der Waals surface area contributed by atoms with Gasteiger partial charge in [0.05, 0.1) is 13.1 Å². The molecule has 0 saturated heterocycles. The first kappa shape index (κ1) is 22.4. The summed E-state index contributed by atoms with van der Waals surface area (Å²) in [6.45, 7) is 8.71. The Morgan fingerprint density at radius 2 is 1.87 bits per heavy atom. The number of benzene rings is 1. The molecule has 1 fully saturated rings. The van der Waals surface area contributed by atoms with Gasteiger partial charge < -0.3 is 14.4 Å². The molecule has 0 atom stereocenters.